The zero-order chi connectivity index (χ0) is 11.5. The van der Waals surface area contributed by atoms with E-state index in [9.17, 15) is 0 Å². The first-order chi connectivity index (χ1) is 7.65. The van der Waals surface area contributed by atoms with E-state index in [2.05, 4.69) is 32.6 Å². The molecule has 0 saturated heterocycles. The molecule has 0 fully saturated rings. The fraction of sp³-hybridized carbons (Fsp3) is 0.167. The van der Waals surface area contributed by atoms with Crippen LogP contribution >= 0.6 is 22.6 Å². The van der Waals surface area contributed by atoms with Crippen LogP contribution in [0.3, 0.4) is 0 Å². The number of rotatable bonds is 2. The van der Waals surface area contributed by atoms with Crippen LogP contribution in [-0.2, 0) is 0 Å². The van der Waals surface area contributed by atoms with Gasteiger partial charge in [-0.25, -0.2) is 4.98 Å². The second-order valence-corrected chi connectivity index (χ2v) is 4.71. The summed E-state index contributed by atoms with van der Waals surface area (Å²) in [6, 6.07) is 7.84. The van der Waals surface area contributed by atoms with E-state index in [1.165, 1.54) is 0 Å². The van der Waals surface area contributed by atoms with Gasteiger partial charge in [-0.15, -0.1) is 0 Å². The van der Waals surface area contributed by atoms with Crippen LogP contribution in [0.4, 0.5) is 0 Å². The van der Waals surface area contributed by atoms with Crippen LogP contribution in [0.1, 0.15) is 11.4 Å². The van der Waals surface area contributed by atoms with Gasteiger partial charge in [0.25, 0.3) is 0 Å². The van der Waals surface area contributed by atoms with Gasteiger partial charge in [-0.1, -0.05) is 6.07 Å². The van der Waals surface area contributed by atoms with Crippen LogP contribution in [0.15, 0.2) is 30.5 Å². The standard InChI is InChI=1S/C12H11IN2O/c1-8-7-14-9(2)12(15-8)16-11-5-3-4-10(13)6-11/h3-7H,1-2H3. The molecule has 3 nitrogen and oxygen atoms in total. The first kappa shape index (κ1) is 11.3. The number of ether oxygens (including phenoxy) is 1. The Morgan fingerprint density at radius 1 is 1.25 bits per heavy atom. The highest BCUT2D eigenvalue weighted by molar-refractivity contribution is 14.1. The first-order valence-corrected chi connectivity index (χ1v) is 5.97. The smallest absolute Gasteiger partial charge is 0.241 e. The Kier molecular flexibility index (Phi) is 3.38. The molecule has 0 aliphatic heterocycles. The van der Waals surface area contributed by atoms with E-state index in [1.54, 1.807) is 6.20 Å². The van der Waals surface area contributed by atoms with Gasteiger partial charge in [0, 0.05) is 9.77 Å². The van der Waals surface area contributed by atoms with E-state index in [4.69, 9.17) is 4.74 Å². The minimum atomic E-state index is 0.571. The molecule has 16 heavy (non-hydrogen) atoms. The highest BCUT2D eigenvalue weighted by Crippen LogP contribution is 2.23. The van der Waals surface area contributed by atoms with Crippen molar-refractivity contribution in [2.24, 2.45) is 0 Å². The maximum atomic E-state index is 5.69. The second-order valence-electron chi connectivity index (χ2n) is 3.46. The lowest BCUT2D eigenvalue weighted by molar-refractivity contribution is 0.453. The molecule has 0 radical (unpaired) electrons. The third kappa shape index (κ3) is 2.69. The number of benzene rings is 1. The van der Waals surface area contributed by atoms with Gasteiger partial charge < -0.3 is 4.74 Å². The Morgan fingerprint density at radius 3 is 2.81 bits per heavy atom. The van der Waals surface area contributed by atoms with Crippen molar-refractivity contribution in [3.63, 3.8) is 0 Å². The van der Waals surface area contributed by atoms with Crippen molar-refractivity contribution >= 4 is 22.6 Å². The summed E-state index contributed by atoms with van der Waals surface area (Å²) in [5.41, 5.74) is 1.65. The molecule has 2 aromatic rings. The number of aryl methyl sites for hydroxylation is 2. The topological polar surface area (TPSA) is 35.0 Å². The predicted octanol–water partition coefficient (Wildman–Crippen LogP) is 3.49. The van der Waals surface area contributed by atoms with Crippen LogP contribution in [0.5, 0.6) is 11.6 Å². The van der Waals surface area contributed by atoms with E-state index in [-0.39, 0.29) is 0 Å². The minimum absolute atomic E-state index is 0.571. The maximum absolute atomic E-state index is 5.69. The number of hydrogen-bond donors (Lipinski definition) is 0. The van der Waals surface area contributed by atoms with Gasteiger partial charge in [-0.05, 0) is 54.6 Å². The number of aromatic nitrogens is 2. The first-order valence-electron chi connectivity index (χ1n) is 4.89. The van der Waals surface area contributed by atoms with Crippen molar-refractivity contribution < 1.29 is 4.74 Å². The number of halogens is 1. The van der Waals surface area contributed by atoms with E-state index >= 15 is 0 Å². The Hall–Kier alpha value is -1.17. The number of hydrogen-bond acceptors (Lipinski definition) is 3. The lowest BCUT2D eigenvalue weighted by Gasteiger charge is -2.07. The molecule has 0 atom stereocenters. The largest absolute Gasteiger partial charge is 0.437 e. The summed E-state index contributed by atoms with van der Waals surface area (Å²) in [7, 11) is 0. The summed E-state index contributed by atoms with van der Waals surface area (Å²) in [6.07, 6.45) is 1.73. The maximum Gasteiger partial charge on any atom is 0.241 e. The molecule has 0 N–H and O–H groups in total. The average molecular weight is 326 g/mol. The van der Waals surface area contributed by atoms with Gasteiger partial charge in [0.2, 0.25) is 5.88 Å². The van der Waals surface area contributed by atoms with Gasteiger partial charge in [-0.3, -0.25) is 4.98 Å². The fourth-order valence-electron chi connectivity index (χ4n) is 1.25. The van der Waals surface area contributed by atoms with Gasteiger partial charge in [0.1, 0.15) is 5.75 Å². The second kappa shape index (κ2) is 4.78. The highest BCUT2D eigenvalue weighted by atomic mass is 127. The Bertz CT molecular complexity index is 514. The molecule has 82 valence electrons. The quantitative estimate of drug-likeness (QED) is 0.793. The van der Waals surface area contributed by atoms with Crippen LogP contribution in [0, 0.1) is 17.4 Å². The normalized spacial score (nSPS) is 10.2. The van der Waals surface area contributed by atoms with Gasteiger partial charge in [0.15, 0.2) is 0 Å². The molecule has 0 spiro atoms. The molecule has 0 amide bonds. The molecule has 0 saturated carbocycles. The van der Waals surface area contributed by atoms with Crippen molar-refractivity contribution in [3.8, 4) is 11.6 Å². The lowest BCUT2D eigenvalue weighted by Crippen LogP contribution is -1.95. The van der Waals surface area contributed by atoms with E-state index in [0.717, 1.165) is 20.7 Å². The molecule has 0 aliphatic rings. The summed E-state index contributed by atoms with van der Waals surface area (Å²) in [6.45, 7) is 3.78. The van der Waals surface area contributed by atoms with Crippen LogP contribution in [0.2, 0.25) is 0 Å². The molecule has 4 heteroatoms. The van der Waals surface area contributed by atoms with Crippen LogP contribution < -0.4 is 4.74 Å². The average Bonchev–Trinajstić information content (AvgIpc) is 2.24. The zero-order valence-electron chi connectivity index (χ0n) is 9.07. The van der Waals surface area contributed by atoms with Crippen molar-refractivity contribution in [1.82, 2.24) is 9.97 Å². The van der Waals surface area contributed by atoms with Gasteiger partial charge in [0.05, 0.1) is 11.4 Å². The molecular formula is C12H11IN2O. The van der Waals surface area contributed by atoms with Crippen molar-refractivity contribution in [3.05, 3.63) is 45.4 Å². The summed E-state index contributed by atoms with van der Waals surface area (Å²) in [5, 5.41) is 0. The Balaban J connectivity index is 2.30. The Labute approximate surface area is 108 Å². The molecule has 1 heterocycles. The minimum Gasteiger partial charge on any atom is -0.437 e. The van der Waals surface area contributed by atoms with Gasteiger partial charge >= 0.3 is 0 Å². The lowest BCUT2D eigenvalue weighted by atomic mass is 10.3. The SMILES string of the molecule is Cc1cnc(C)c(Oc2cccc(I)c2)n1. The molecule has 2 rings (SSSR count). The predicted molar refractivity (Wildman–Crippen MR) is 70.7 cm³/mol. The van der Waals surface area contributed by atoms with E-state index in [1.807, 2.05) is 38.1 Å². The van der Waals surface area contributed by atoms with E-state index in [0.29, 0.717) is 5.88 Å². The highest BCUT2D eigenvalue weighted by Gasteiger charge is 2.04. The third-order valence-electron chi connectivity index (χ3n) is 2.04. The molecule has 0 bridgehead atoms. The summed E-state index contributed by atoms with van der Waals surface area (Å²) in [4.78, 5) is 8.52. The summed E-state index contributed by atoms with van der Waals surface area (Å²) < 4.78 is 6.83. The summed E-state index contributed by atoms with van der Waals surface area (Å²) in [5.74, 6) is 1.36. The molecule has 1 aromatic heterocycles. The molecule has 0 unspecified atom stereocenters. The zero-order valence-corrected chi connectivity index (χ0v) is 11.2. The van der Waals surface area contributed by atoms with Crippen LogP contribution in [-0.4, -0.2) is 9.97 Å². The van der Waals surface area contributed by atoms with Gasteiger partial charge in [-0.2, -0.15) is 0 Å². The fourth-order valence-corrected chi connectivity index (χ4v) is 1.77. The number of nitrogens with zero attached hydrogens (tertiary/aromatic N) is 2. The van der Waals surface area contributed by atoms with Crippen molar-refractivity contribution in [2.45, 2.75) is 13.8 Å². The van der Waals surface area contributed by atoms with Crippen molar-refractivity contribution in [2.75, 3.05) is 0 Å². The summed E-state index contributed by atoms with van der Waals surface area (Å²) >= 11 is 2.25. The Morgan fingerprint density at radius 2 is 2.06 bits per heavy atom. The van der Waals surface area contributed by atoms with Crippen molar-refractivity contribution in [1.29, 1.82) is 0 Å². The van der Waals surface area contributed by atoms with E-state index < -0.39 is 0 Å². The molecule has 1 aromatic carbocycles. The van der Waals surface area contributed by atoms with Crippen LogP contribution in [0.25, 0.3) is 0 Å². The third-order valence-corrected chi connectivity index (χ3v) is 2.71. The monoisotopic (exact) mass is 326 g/mol. The molecule has 0 aliphatic carbocycles. The molecular weight excluding hydrogens is 315 g/mol.